The highest BCUT2D eigenvalue weighted by Crippen LogP contribution is 2.31. The van der Waals surface area contributed by atoms with Crippen LogP contribution < -0.4 is 14.8 Å². The first-order chi connectivity index (χ1) is 10.3. The first kappa shape index (κ1) is 15.1. The average Bonchev–Trinajstić information content (AvgIpc) is 2.53. The molecule has 0 aliphatic heterocycles. The standard InChI is InChI=1S/C15H19N3O3/c1-3-7-16-15-17-8-6-14(18-15)21-12-5-4-11(10-19)9-13(12)20-2/h4-6,8-9,19H,3,7,10H2,1-2H3,(H,16,17,18). The van der Waals surface area contributed by atoms with Crippen LogP contribution in [0.2, 0.25) is 0 Å². The number of aromatic nitrogens is 2. The van der Waals surface area contributed by atoms with Gasteiger partial charge >= 0.3 is 0 Å². The molecule has 21 heavy (non-hydrogen) atoms. The van der Waals surface area contributed by atoms with E-state index in [2.05, 4.69) is 22.2 Å². The number of aliphatic hydroxyl groups excluding tert-OH is 1. The van der Waals surface area contributed by atoms with E-state index in [1.54, 1.807) is 37.6 Å². The topological polar surface area (TPSA) is 76.5 Å². The van der Waals surface area contributed by atoms with Gasteiger partial charge in [-0.3, -0.25) is 0 Å². The van der Waals surface area contributed by atoms with Crippen molar-refractivity contribution in [2.75, 3.05) is 19.0 Å². The van der Waals surface area contributed by atoms with Crippen LogP contribution in [0.4, 0.5) is 5.95 Å². The highest BCUT2D eigenvalue weighted by molar-refractivity contribution is 5.44. The van der Waals surface area contributed by atoms with E-state index in [1.165, 1.54) is 0 Å². The number of anilines is 1. The first-order valence-corrected chi connectivity index (χ1v) is 6.79. The zero-order valence-electron chi connectivity index (χ0n) is 12.2. The summed E-state index contributed by atoms with van der Waals surface area (Å²) < 4.78 is 11.0. The predicted octanol–water partition coefficient (Wildman–Crippen LogP) is 2.59. The Hall–Kier alpha value is -2.34. The third-order valence-corrected chi connectivity index (χ3v) is 2.79. The van der Waals surface area contributed by atoms with Crippen molar-refractivity contribution in [3.8, 4) is 17.4 Å². The molecule has 6 heteroatoms. The molecule has 0 radical (unpaired) electrons. The van der Waals surface area contributed by atoms with Crippen LogP contribution in [0.3, 0.4) is 0 Å². The van der Waals surface area contributed by atoms with Gasteiger partial charge < -0.3 is 19.9 Å². The van der Waals surface area contributed by atoms with Gasteiger partial charge in [0.2, 0.25) is 11.8 Å². The Kier molecular flexibility index (Phi) is 5.34. The third-order valence-electron chi connectivity index (χ3n) is 2.79. The number of benzene rings is 1. The highest BCUT2D eigenvalue weighted by Gasteiger charge is 2.08. The van der Waals surface area contributed by atoms with Crippen LogP contribution in [-0.4, -0.2) is 28.7 Å². The minimum Gasteiger partial charge on any atom is -0.493 e. The van der Waals surface area contributed by atoms with E-state index in [0.29, 0.717) is 23.3 Å². The van der Waals surface area contributed by atoms with E-state index in [-0.39, 0.29) is 6.61 Å². The average molecular weight is 289 g/mol. The van der Waals surface area contributed by atoms with Crippen molar-refractivity contribution in [1.82, 2.24) is 9.97 Å². The fourth-order valence-corrected chi connectivity index (χ4v) is 1.73. The Morgan fingerprint density at radius 3 is 2.81 bits per heavy atom. The summed E-state index contributed by atoms with van der Waals surface area (Å²) in [6, 6.07) is 6.92. The molecule has 2 rings (SSSR count). The predicted molar refractivity (Wildman–Crippen MR) is 79.8 cm³/mol. The highest BCUT2D eigenvalue weighted by atomic mass is 16.5. The molecular weight excluding hydrogens is 270 g/mol. The normalized spacial score (nSPS) is 10.2. The van der Waals surface area contributed by atoms with E-state index in [0.717, 1.165) is 18.5 Å². The molecule has 1 aromatic heterocycles. The fourth-order valence-electron chi connectivity index (χ4n) is 1.73. The van der Waals surface area contributed by atoms with Crippen LogP contribution >= 0.6 is 0 Å². The smallest absolute Gasteiger partial charge is 0.225 e. The van der Waals surface area contributed by atoms with Crippen LogP contribution in [-0.2, 0) is 6.61 Å². The quantitative estimate of drug-likeness (QED) is 0.816. The van der Waals surface area contributed by atoms with Crippen molar-refractivity contribution in [1.29, 1.82) is 0 Å². The molecular formula is C15H19N3O3. The maximum Gasteiger partial charge on any atom is 0.225 e. The van der Waals surface area contributed by atoms with Crippen molar-refractivity contribution >= 4 is 5.95 Å². The van der Waals surface area contributed by atoms with Crippen LogP contribution in [0.15, 0.2) is 30.5 Å². The van der Waals surface area contributed by atoms with Gasteiger partial charge in [-0.05, 0) is 24.1 Å². The second-order valence-electron chi connectivity index (χ2n) is 4.39. The van der Waals surface area contributed by atoms with Gasteiger partial charge in [0.25, 0.3) is 0 Å². The minimum atomic E-state index is -0.0464. The number of methoxy groups -OCH3 is 1. The lowest BCUT2D eigenvalue weighted by Crippen LogP contribution is -2.04. The molecule has 0 spiro atoms. The molecule has 1 aromatic carbocycles. The Labute approximate surface area is 123 Å². The summed E-state index contributed by atoms with van der Waals surface area (Å²) >= 11 is 0. The number of hydrogen-bond acceptors (Lipinski definition) is 6. The molecule has 0 bridgehead atoms. The van der Waals surface area contributed by atoms with Gasteiger partial charge in [0.05, 0.1) is 13.7 Å². The van der Waals surface area contributed by atoms with Crippen molar-refractivity contribution in [2.45, 2.75) is 20.0 Å². The van der Waals surface area contributed by atoms with Crippen molar-refractivity contribution < 1.29 is 14.6 Å². The monoisotopic (exact) mass is 289 g/mol. The van der Waals surface area contributed by atoms with Crippen molar-refractivity contribution in [3.63, 3.8) is 0 Å². The molecule has 0 saturated carbocycles. The molecule has 0 unspecified atom stereocenters. The second-order valence-corrected chi connectivity index (χ2v) is 4.39. The Morgan fingerprint density at radius 1 is 1.24 bits per heavy atom. The summed E-state index contributed by atoms with van der Waals surface area (Å²) in [7, 11) is 1.55. The Bertz CT molecular complexity index is 590. The van der Waals surface area contributed by atoms with Gasteiger partial charge in [-0.2, -0.15) is 4.98 Å². The summed E-state index contributed by atoms with van der Waals surface area (Å²) in [5.41, 5.74) is 0.757. The van der Waals surface area contributed by atoms with E-state index in [1.807, 2.05) is 0 Å². The number of rotatable bonds is 7. The molecule has 0 atom stereocenters. The van der Waals surface area contributed by atoms with Crippen LogP contribution in [0, 0.1) is 0 Å². The summed E-state index contributed by atoms with van der Waals surface area (Å²) in [5.74, 6) is 2.04. The van der Waals surface area contributed by atoms with Crippen LogP contribution in [0.1, 0.15) is 18.9 Å². The van der Waals surface area contributed by atoms with Gasteiger partial charge in [-0.25, -0.2) is 4.98 Å². The lowest BCUT2D eigenvalue weighted by atomic mass is 10.2. The third kappa shape index (κ3) is 4.06. The zero-order valence-corrected chi connectivity index (χ0v) is 12.2. The molecule has 1 heterocycles. The second kappa shape index (κ2) is 7.44. The summed E-state index contributed by atoms with van der Waals surface area (Å²) in [4.78, 5) is 8.40. The lowest BCUT2D eigenvalue weighted by Gasteiger charge is -2.11. The first-order valence-electron chi connectivity index (χ1n) is 6.79. The summed E-state index contributed by atoms with van der Waals surface area (Å²) in [6.07, 6.45) is 2.62. The van der Waals surface area contributed by atoms with Crippen LogP contribution in [0.25, 0.3) is 0 Å². The van der Waals surface area contributed by atoms with Crippen molar-refractivity contribution in [2.24, 2.45) is 0 Å². The molecule has 112 valence electrons. The van der Waals surface area contributed by atoms with E-state index in [4.69, 9.17) is 14.6 Å². The van der Waals surface area contributed by atoms with Crippen LogP contribution in [0.5, 0.6) is 17.4 Å². The molecule has 0 fully saturated rings. The van der Waals surface area contributed by atoms with Gasteiger partial charge in [0.1, 0.15) is 0 Å². The van der Waals surface area contributed by atoms with E-state index in [9.17, 15) is 0 Å². The summed E-state index contributed by atoms with van der Waals surface area (Å²) in [5, 5.41) is 12.2. The SMILES string of the molecule is CCCNc1nccc(Oc2ccc(CO)cc2OC)n1. The maximum absolute atomic E-state index is 9.13. The number of nitrogens with zero attached hydrogens (tertiary/aromatic N) is 2. The van der Waals surface area contributed by atoms with E-state index < -0.39 is 0 Å². The molecule has 2 N–H and O–H groups in total. The molecule has 0 aliphatic carbocycles. The molecule has 0 aliphatic rings. The molecule has 0 saturated heterocycles. The minimum absolute atomic E-state index is 0.0464. The Balaban J connectivity index is 2.17. The number of ether oxygens (including phenoxy) is 2. The number of aliphatic hydroxyl groups is 1. The molecule has 0 amide bonds. The maximum atomic E-state index is 9.13. The molecule has 2 aromatic rings. The molecule has 6 nitrogen and oxygen atoms in total. The largest absolute Gasteiger partial charge is 0.493 e. The van der Waals surface area contributed by atoms with Gasteiger partial charge in [-0.1, -0.05) is 13.0 Å². The summed E-state index contributed by atoms with van der Waals surface area (Å²) in [6.45, 7) is 2.83. The zero-order chi connectivity index (χ0) is 15.1. The number of hydrogen-bond donors (Lipinski definition) is 2. The van der Waals surface area contributed by atoms with E-state index >= 15 is 0 Å². The Morgan fingerprint density at radius 2 is 2.10 bits per heavy atom. The lowest BCUT2D eigenvalue weighted by molar-refractivity contribution is 0.280. The van der Waals surface area contributed by atoms with Crippen molar-refractivity contribution in [3.05, 3.63) is 36.0 Å². The fraction of sp³-hybridized carbons (Fsp3) is 0.333. The van der Waals surface area contributed by atoms with Gasteiger partial charge in [0.15, 0.2) is 11.5 Å². The van der Waals surface area contributed by atoms with Gasteiger partial charge in [-0.15, -0.1) is 0 Å². The number of nitrogens with one attached hydrogen (secondary N) is 1. The van der Waals surface area contributed by atoms with Gasteiger partial charge in [0, 0.05) is 18.8 Å².